The highest BCUT2D eigenvalue weighted by atomic mass is 35.5. The van der Waals surface area contributed by atoms with Gasteiger partial charge in [-0.3, -0.25) is 0 Å². The van der Waals surface area contributed by atoms with Crippen molar-refractivity contribution in [3.63, 3.8) is 0 Å². The van der Waals surface area contributed by atoms with Crippen molar-refractivity contribution in [2.24, 2.45) is 0 Å². The second-order valence-corrected chi connectivity index (χ2v) is 7.51. The second kappa shape index (κ2) is 8.73. The van der Waals surface area contributed by atoms with Crippen LogP contribution < -0.4 is 4.74 Å². The summed E-state index contributed by atoms with van der Waals surface area (Å²) in [4.78, 5) is 4.79. The van der Waals surface area contributed by atoms with E-state index in [1.165, 1.54) is 0 Å². The van der Waals surface area contributed by atoms with Crippen LogP contribution in [0.1, 0.15) is 17.0 Å². The summed E-state index contributed by atoms with van der Waals surface area (Å²) in [5.41, 5.74) is 3.89. The van der Waals surface area contributed by atoms with Gasteiger partial charge in [0, 0.05) is 15.6 Å². The lowest BCUT2D eigenvalue weighted by atomic mass is 10.1. The fourth-order valence-corrected chi connectivity index (χ4v) is 3.88. The van der Waals surface area contributed by atoms with Gasteiger partial charge in [0.1, 0.15) is 18.2 Å². The molecule has 0 spiro atoms. The van der Waals surface area contributed by atoms with Gasteiger partial charge in [-0.25, -0.2) is 4.98 Å². The number of hydrogen-bond acceptors (Lipinski definition) is 2. The number of imidazole rings is 1. The predicted molar refractivity (Wildman–Crippen MR) is 120 cm³/mol. The van der Waals surface area contributed by atoms with Crippen molar-refractivity contribution in [2.45, 2.75) is 19.6 Å². The van der Waals surface area contributed by atoms with Gasteiger partial charge < -0.3 is 9.30 Å². The van der Waals surface area contributed by atoms with Gasteiger partial charge in [0.2, 0.25) is 0 Å². The lowest BCUT2D eigenvalue weighted by molar-refractivity contribution is 0.289. The lowest BCUT2D eigenvalue weighted by Gasteiger charge is -2.14. The Morgan fingerprint density at radius 1 is 0.931 bits per heavy atom. The van der Waals surface area contributed by atoms with E-state index in [0.717, 1.165) is 40.2 Å². The largest absolute Gasteiger partial charge is 0.485 e. The Labute approximate surface area is 180 Å². The van der Waals surface area contributed by atoms with Crippen molar-refractivity contribution in [2.75, 3.05) is 0 Å². The van der Waals surface area contributed by atoms with E-state index in [4.69, 9.17) is 32.9 Å². The van der Waals surface area contributed by atoms with E-state index >= 15 is 0 Å². The van der Waals surface area contributed by atoms with Gasteiger partial charge in [0.15, 0.2) is 0 Å². The molecule has 0 unspecified atom stereocenters. The Morgan fingerprint density at radius 2 is 1.66 bits per heavy atom. The minimum atomic E-state index is 0.338. The Hall–Kier alpha value is -2.75. The zero-order chi connectivity index (χ0) is 20.2. The van der Waals surface area contributed by atoms with Crippen LogP contribution in [0.3, 0.4) is 0 Å². The summed E-state index contributed by atoms with van der Waals surface area (Å²) in [6.07, 6.45) is 2.62. The number of hydrogen-bond donors (Lipinski definition) is 0. The SMILES string of the molecule is C=CCc1ccccc1OCc1nc2ccccc2n1Cc1c(Cl)cccc1Cl. The summed E-state index contributed by atoms with van der Waals surface area (Å²) < 4.78 is 8.26. The third kappa shape index (κ3) is 4.16. The zero-order valence-electron chi connectivity index (χ0n) is 15.8. The van der Waals surface area contributed by atoms with Gasteiger partial charge in [-0.05, 0) is 42.3 Å². The first-order valence-electron chi connectivity index (χ1n) is 9.36. The van der Waals surface area contributed by atoms with Crippen LogP contribution in [0.4, 0.5) is 0 Å². The summed E-state index contributed by atoms with van der Waals surface area (Å²) >= 11 is 12.8. The molecule has 3 nitrogen and oxygen atoms in total. The van der Waals surface area contributed by atoms with E-state index in [1.807, 2.05) is 72.8 Å². The number of benzene rings is 3. The van der Waals surface area contributed by atoms with Gasteiger partial charge in [-0.2, -0.15) is 0 Å². The fraction of sp³-hybridized carbons (Fsp3) is 0.125. The van der Waals surface area contributed by atoms with Crippen LogP contribution in [0.2, 0.25) is 10.0 Å². The number of para-hydroxylation sites is 3. The predicted octanol–water partition coefficient (Wildman–Crippen LogP) is 6.70. The Balaban J connectivity index is 1.70. The first-order chi connectivity index (χ1) is 14.2. The Kier molecular flexibility index (Phi) is 5.89. The average Bonchev–Trinajstić information content (AvgIpc) is 3.08. The van der Waals surface area contributed by atoms with E-state index in [0.29, 0.717) is 23.2 Å². The molecule has 0 radical (unpaired) electrons. The minimum Gasteiger partial charge on any atom is -0.485 e. The minimum absolute atomic E-state index is 0.338. The van der Waals surface area contributed by atoms with Crippen LogP contribution in [0.15, 0.2) is 79.4 Å². The third-order valence-corrected chi connectivity index (χ3v) is 5.51. The number of ether oxygens (including phenoxy) is 1. The number of halogens is 2. The first kappa shape index (κ1) is 19.6. The van der Waals surface area contributed by atoms with Gasteiger partial charge in [-0.1, -0.05) is 65.7 Å². The highest BCUT2D eigenvalue weighted by Crippen LogP contribution is 2.28. The van der Waals surface area contributed by atoms with Crippen LogP contribution in [0.5, 0.6) is 5.75 Å². The molecule has 0 aliphatic heterocycles. The standard InChI is InChI=1S/C24H20Cl2N2O/c1-2-8-17-9-3-6-14-23(17)29-16-24-27-21-12-4-5-13-22(21)28(24)15-18-19(25)10-7-11-20(18)26/h2-7,9-14H,1,8,15-16H2. The highest BCUT2D eigenvalue weighted by Gasteiger charge is 2.15. The maximum Gasteiger partial charge on any atom is 0.148 e. The molecule has 1 heterocycles. The van der Waals surface area contributed by atoms with Crippen molar-refractivity contribution in [1.29, 1.82) is 0 Å². The van der Waals surface area contributed by atoms with Gasteiger partial charge in [-0.15, -0.1) is 6.58 Å². The number of nitrogens with zero attached hydrogens (tertiary/aromatic N) is 2. The van der Waals surface area contributed by atoms with Crippen LogP contribution in [0.25, 0.3) is 11.0 Å². The molecule has 0 aliphatic rings. The average molecular weight is 423 g/mol. The summed E-state index contributed by atoms with van der Waals surface area (Å²) in [6.45, 7) is 4.68. The molecule has 0 fully saturated rings. The van der Waals surface area contributed by atoms with E-state index < -0.39 is 0 Å². The third-order valence-electron chi connectivity index (χ3n) is 4.81. The molecule has 0 aliphatic carbocycles. The van der Waals surface area contributed by atoms with Crippen molar-refractivity contribution < 1.29 is 4.74 Å². The smallest absolute Gasteiger partial charge is 0.148 e. The van der Waals surface area contributed by atoms with Crippen molar-refractivity contribution in [3.05, 3.63) is 106 Å². The molecule has 0 N–H and O–H groups in total. The zero-order valence-corrected chi connectivity index (χ0v) is 17.3. The summed E-state index contributed by atoms with van der Waals surface area (Å²) in [5.74, 6) is 1.65. The van der Waals surface area contributed by atoms with Crippen LogP contribution in [-0.2, 0) is 19.6 Å². The number of allylic oxidation sites excluding steroid dienone is 1. The van der Waals surface area contributed by atoms with Gasteiger partial charge in [0.05, 0.1) is 17.6 Å². The van der Waals surface area contributed by atoms with E-state index in [-0.39, 0.29) is 0 Å². The van der Waals surface area contributed by atoms with Crippen LogP contribution >= 0.6 is 23.2 Å². The molecule has 146 valence electrons. The molecular formula is C24H20Cl2N2O. The Morgan fingerprint density at radius 3 is 2.45 bits per heavy atom. The normalized spacial score (nSPS) is 11.0. The van der Waals surface area contributed by atoms with Crippen LogP contribution in [-0.4, -0.2) is 9.55 Å². The van der Waals surface area contributed by atoms with Crippen molar-refractivity contribution in [3.8, 4) is 5.75 Å². The van der Waals surface area contributed by atoms with E-state index in [2.05, 4.69) is 11.1 Å². The molecule has 5 heteroatoms. The molecule has 3 aromatic carbocycles. The summed E-state index contributed by atoms with van der Waals surface area (Å²) in [6, 6.07) is 21.5. The number of rotatable bonds is 7. The molecule has 1 aromatic heterocycles. The van der Waals surface area contributed by atoms with Crippen molar-refractivity contribution in [1.82, 2.24) is 9.55 Å². The number of aromatic nitrogens is 2. The molecule has 4 rings (SSSR count). The summed E-state index contributed by atoms with van der Waals surface area (Å²) in [7, 11) is 0. The second-order valence-electron chi connectivity index (χ2n) is 6.69. The van der Waals surface area contributed by atoms with E-state index in [1.54, 1.807) is 0 Å². The molecule has 0 amide bonds. The molecule has 0 atom stereocenters. The topological polar surface area (TPSA) is 27.1 Å². The van der Waals surface area contributed by atoms with E-state index in [9.17, 15) is 0 Å². The van der Waals surface area contributed by atoms with Gasteiger partial charge in [0.25, 0.3) is 0 Å². The maximum atomic E-state index is 6.42. The molecular weight excluding hydrogens is 403 g/mol. The Bertz CT molecular complexity index is 1150. The monoisotopic (exact) mass is 422 g/mol. The molecule has 29 heavy (non-hydrogen) atoms. The first-order valence-corrected chi connectivity index (χ1v) is 10.1. The molecule has 0 saturated heterocycles. The molecule has 4 aromatic rings. The van der Waals surface area contributed by atoms with Gasteiger partial charge >= 0.3 is 0 Å². The fourth-order valence-electron chi connectivity index (χ4n) is 3.36. The molecule has 0 bridgehead atoms. The van der Waals surface area contributed by atoms with Crippen LogP contribution in [0, 0.1) is 0 Å². The highest BCUT2D eigenvalue weighted by molar-refractivity contribution is 6.36. The maximum absolute atomic E-state index is 6.42. The molecule has 0 saturated carbocycles. The quantitative estimate of drug-likeness (QED) is 0.309. The number of fused-ring (bicyclic) bond motifs is 1. The lowest BCUT2D eigenvalue weighted by Crippen LogP contribution is -2.09. The summed E-state index contributed by atoms with van der Waals surface area (Å²) in [5, 5.41) is 1.27. The van der Waals surface area contributed by atoms with Crippen molar-refractivity contribution >= 4 is 34.2 Å².